The molecular weight excluding hydrogens is 400 g/mol. The zero-order valence-electron chi connectivity index (χ0n) is 14.8. The van der Waals surface area contributed by atoms with Crippen LogP contribution in [0, 0.1) is 0 Å². The van der Waals surface area contributed by atoms with Crippen molar-refractivity contribution in [2.45, 2.75) is 19.8 Å². The Morgan fingerprint density at radius 3 is 2.50 bits per heavy atom. The van der Waals surface area contributed by atoms with Gasteiger partial charge in [0.25, 0.3) is 11.8 Å². The second-order valence-corrected chi connectivity index (χ2v) is 6.74. The van der Waals surface area contributed by atoms with E-state index in [1.807, 2.05) is 38.1 Å². The standard InChI is InChI=1S/C19H21BrN2O4/c1-12(2)14-6-4-5-7-17(14)26-11-18(23)21-22-19(24)15-10-13(20)8-9-16(15)25-3/h4-10,12H,11H2,1-3H3,(H,21,23)(H,22,24). The summed E-state index contributed by atoms with van der Waals surface area (Å²) in [6.45, 7) is 3.89. The number of methoxy groups -OCH3 is 1. The molecule has 0 aliphatic heterocycles. The van der Waals surface area contributed by atoms with Crippen LogP contribution in [-0.4, -0.2) is 25.5 Å². The van der Waals surface area contributed by atoms with E-state index in [0.29, 0.717) is 17.1 Å². The van der Waals surface area contributed by atoms with Crippen LogP contribution < -0.4 is 20.3 Å². The number of halogens is 1. The maximum absolute atomic E-state index is 12.2. The van der Waals surface area contributed by atoms with Crippen molar-refractivity contribution < 1.29 is 19.1 Å². The lowest BCUT2D eigenvalue weighted by atomic mass is 10.0. The Morgan fingerprint density at radius 1 is 1.08 bits per heavy atom. The molecule has 2 rings (SSSR count). The third-order valence-corrected chi connectivity index (χ3v) is 4.11. The molecule has 0 atom stereocenters. The van der Waals surface area contributed by atoms with E-state index in [1.54, 1.807) is 18.2 Å². The molecule has 0 aliphatic carbocycles. The molecule has 2 N–H and O–H groups in total. The summed E-state index contributed by atoms with van der Waals surface area (Å²) >= 11 is 3.30. The van der Waals surface area contributed by atoms with Gasteiger partial charge in [0, 0.05) is 4.47 Å². The molecule has 0 radical (unpaired) electrons. The molecule has 138 valence electrons. The van der Waals surface area contributed by atoms with Crippen molar-refractivity contribution in [2.24, 2.45) is 0 Å². The van der Waals surface area contributed by atoms with E-state index in [0.717, 1.165) is 10.0 Å². The van der Waals surface area contributed by atoms with Gasteiger partial charge in [0.1, 0.15) is 11.5 Å². The van der Waals surface area contributed by atoms with Gasteiger partial charge in [0.15, 0.2) is 6.61 Å². The summed E-state index contributed by atoms with van der Waals surface area (Å²) < 4.78 is 11.4. The Balaban J connectivity index is 1.91. The van der Waals surface area contributed by atoms with E-state index in [9.17, 15) is 9.59 Å². The third-order valence-electron chi connectivity index (χ3n) is 3.62. The lowest BCUT2D eigenvalue weighted by Gasteiger charge is -2.14. The van der Waals surface area contributed by atoms with Crippen LogP contribution in [0.1, 0.15) is 35.7 Å². The normalized spacial score (nSPS) is 10.3. The van der Waals surface area contributed by atoms with Crippen molar-refractivity contribution >= 4 is 27.7 Å². The summed E-state index contributed by atoms with van der Waals surface area (Å²) in [7, 11) is 1.47. The van der Waals surface area contributed by atoms with Crippen molar-refractivity contribution in [2.75, 3.05) is 13.7 Å². The van der Waals surface area contributed by atoms with Crippen LogP contribution in [0.2, 0.25) is 0 Å². The number of hydrogen-bond donors (Lipinski definition) is 2. The van der Waals surface area contributed by atoms with Gasteiger partial charge < -0.3 is 9.47 Å². The van der Waals surface area contributed by atoms with Crippen LogP contribution in [-0.2, 0) is 4.79 Å². The van der Waals surface area contributed by atoms with E-state index >= 15 is 0 Å². The molecule has 6 nitrogen and oxygen atoms in total. The van der Waals surface area contributed by atoms with Crippen LogP contribution >= 0.6 is 15.9 Å². The highest BCUT2D eigenvalue weighted by Gasteiger charge is 2.14. The van der Waals surface area contributed by atoms with Crippen molar-refractivity contribution in [1.29, 1.82) is 0 Å². The van der Waals surface area contributed by atoms with Gasteiger partial charge in [-0.25, -0.2) is 0 Å². The zero-order chi connectivity index (χ0) is 19.1. The van der Waals surface area contributed by atoms with Gasteiger partial charge in [-0.3, -0.25) is 20.4 Å². The summed E-state index contributed by atoms with van der Waals surface area (Å²) in [4.78, 5) is 24.2. The highest BCUT2D eigenvalue weighted by atomic mass is 79.9. The van der Waals surface area contributed by atoms with Crippen molar-refractivity contribution in [1.82, 2.24) is 10.9 Å². The van der Waals surface area contributed by atoms with E-state index in [-0.39, 0.29) is 12.5 Å². The number of nitrogens with one attached hydrogen (secondary N) is 2. The maximum atomic E-state index is 12.2. The highest BCUT2D eigenvalue weighted by Crippen LogP contribution is 2.25. The minimum Gasteiger partial charge on any atom is -0.496 e. The van der Waals surface area contributed by atoms with Gasteiger partial charge in [-0.15, -0.1) is 0 Å². The Labute approximate surface area is 161 Å². The molecular formula is C19H21BrN2O4. The lowest BCUT2D eigenvalue weighted by molar-refractivity contribution is -0.123. The average molecular weight is 421 g/mol. The van der Waals surface area contributed by atoms with Gasteiger partial charge in [0.2, 0.25) is 0 Å². The summed E-state index contributed by atoms with van der Waals surface area (Å²) in [5, 5.41) is 0. The fraction of sp³-hybridized carbons (Fsp3) is 0.263. The lowest BCUT2D eigenvalue weighted by Crippen LogP contribution is -2.44. The number of carbonyl (C=O) groups is 2. The monoisotopic (exact) mass is 420 g/mol. The van der Waals surface area contributed by atoms with Crippen LogP contribution in [0.25, 0.3) is 0 Å². The van der Waals surface area contributed by atoms with Gasteiger partial charge >= 0.3 is 0 Å². The minimum atomic E-state index is -0.487. The predicted molar refractivity (Wildman–Crippen MR) is 102 cm³/mol. The molecule has 0 saturated carbocycles. The molecule has 0 fully saturated rings. The number of ether oxygens (including phenoxy) is 2. The molecule has 0 aromatic heterocycles. The molecule has 2 aromatic rings. The number of amides is 2. The zero-order valence-corrected chi connectivity index (χ0v) is 16.4. The molecule has 0 spiro atoms. The van der Waals surface area contributed by atoms with Crippen molar-refractivity contribution in [3.63, 3.8) is 0 Å². The third kappa shape index (κ3) is 5.23. The van der Waals surface area contributed by atoms with Gasteiger partial charge in [-0.05, 0) is 35.7 Å². The highest BCUT2D eigenvalue weighted by molar-refractivity contribution is 9.10. The second kappa shape index (κ2) is 9.24. The molecule has 2 aromatic carbocycles. The van der Waals surface area contributed by atoms with E-state index in [4.69, 9.17) is 9.47 Å². The number of carbonyl (C=O) groups excluding carboxylic acids is 2. The SMILES string of the molecule is COc1ccc(Br)cc1C(=O)NNC(=O)COc1ccccc1C(C)C. The molecule has 26 heavy (non-hydrogen) atoms. The van der Waals surface area contributed by atoms with E-state index in [1.165, 1.54) is 7.11 Å². The molecule has 0 heterocycles. The largest absolute Gasteiger partial charge is 0.496 e. The number of rotatable bonds is 6. The van der Waals surface area contributed by atoms with E-state index < -0.39 is 11.8 Å². The molecule has 0 saturated heterocycles. The Bertz CT molecular complexity index is 793. The second-order valence-electron chi connectivity index (χ2n) is 5.83. The summed E-state index contributed by atoms with van der Waals surface area (Å²) in [5.74, 6) is 0.377. The Hall–Kier alpha value is -2.54. The van der Waals surface area contributed by atoms with Gasteiger partial charge in [-0.2, -0.15) is 0 Å². The first-order valence-electron chi connectivity index (χ1n) is 8.06. The minimum absolute atomic E-state index is 0.209. The molecule has 7 heteroatoms. The topological polar surface area (TPSA) is 76.7 Å². The summed E-state index contributed by atoms with van der Waals surface area (Å²) in [5.41, 5.74) is 6.01. The smallest absolute Gasteiger partial charge is 0.276 e. The van der Waals surface area contributed by atoms with Crippen molar-refractivity contribution in [3.05, 3.63) is 58.1 Å². The quantitative estimate of drug-likeness (QED) is 0.701. The number of para-hydroxylation sites is 1. The number of benzene rings is 2. The molecule has 2 amide bonds. The number of hydrogen-bond acceptors (Lipinski definition) is 4. The number of hydrazine groups is 1. The molecule has 0 bridgehead atoms. The molecule has 0 unspecified atom stereocenters. The Kier molecular flexibility index (Phi) is 7.03. The summed E-state index contributed by atoms with van der Waals surface area (Å²) in [6, 6.07) is 12.6. The first-order chi connectivity index (χ1) is 12.4. The first-order valence-corrected chi connectivity index (χ1v) is 8.86. The van der Waals surface area contributed by atoms with Crippen LogP contribution in [0.3, 0.4) is 0 Å². The first kappa shape index (κ1) is 19.8. The molecule has 0 aliphatic rings. The average Bonchev–Trinajstić information content (AvgIpc) is 2.64. The van der Waals surface area contributed by atoms with Crippen LogP contribution in [0.5, 0.6) is 11.5 Å². The van der Waals surface area contributed by atoms with Gasteiger partial charge in [-0.1, -0.05) is 48.0 Å². The fourth-order valence-electron chi connectivity index (χ4n) is 2.32. The van der Waals surface area contributed by atoms with Crippen LogP contribution in [0.15, 0.2) is 46.9 Å². The maximum Gasteiger partial charge on any atom is 0.276 e. The van der Waals surface area contributed by atoms with Gasteiger partial charge in [0.05, 0.1) is 12.7 Å². The van der Waals surface area contributed by atoms with Crippen molar-refractivity contribution in [3.8, 4) is 11.5 Å². The predicted octanol–water partition coefficient (Wildman–Crippen LogP) is 3.42. The van der Waals surface area contributed by atoms with Crippen LogP contribution in [0.4, 0.5) is 0 Å². The Morgan fingerprint density at radius 2 is 1.81 bits per heavy atom. The summed E-state index contributed by atoms with van der Waals surface area (Å²) in [6.07, 6.45) is 0. The van der Waals surface area contributed by atoms with E-state index in [2.05, 4.69) is 26.8 Å². The fourth-order valence-corrected chi connectivity index (χ4v) is 2.68.